The molecule has 30 heavy (non-hydrogen) atoms. The average molecular weight is 417 g/mol. The molecular weight excluding hydrogens is 389 g/mol. The fourth-order valence-corrected chi connectivity index (χ4v) is 4.86. The number of pyridine rings is 1. The Hall–Kier alpha value is -2.61. The largest absolute Gasteiger partial charge is 0.492 e. The number of fused-ring (bicyclic) bond motifs is 2. The molecule has 0 aliphatic carbocycles. The normalized spacial score (nSPS) is 22.2. The van der Waals surface area contributed by atoms with Crippen LogP contribution in [0.25, 0.3) is 10.9 Å². The van der Waals surface area contributed by atoms with Gasteiger partial charge in [-0.1, -0.05) is 6.92 Å². The lowest BCUT2D eigenvalue weighted by Gasteiger charge is -2.26. The number of carbonyl (C=O) groups is 1. The van der Waals surface area contributed by atoms with Gasteiger partial charge in [0.05, 0.1) is 18.0 Å². The number of nitrogens with zero attached hydrogens (tertiary/aromatic N) is 2. The number of carboxylic acid groups (broad SMARTS) is 1. The Labute approximate surface area is 174 Å². The molecule has 8 heteroatoms. The number of nitrogens with one attached hydrogen (secondary N) is 1. The van der Waals surface area contributed by atoms with E-state index in [1.54, 1.807) is 4.57 Å². The molecule has 2 aliphatic rings. The van der Waals surface area contributed by atoms with Crippen LogP contribution < -0.4 is 20.4 Å². The number of rotatable bonds is 5. The second-order valence-corrected chi connectivity index (χ2v) is 8.35. The SMILES string of the molecule is CCC(C)n1cc(C(=O)O)c(=O)c2cc(F)c(N3CC4CCCNC4C3)c(OC)c21. The average Bonchev–Trinajstić information content (AvgIpc) is 3.16. The van der Waals surface area contributed by atoms with Gasteiger partial charge < -0.3 is 24.6 Å². The predicted octanol–water partition coefficient (Wildman–Crippen LogP) is 3.01. The van der Waals surface area contributed by atoms with E-state index in [9.17, 15) is 14.7 Å². The van der Waals surface area contributed by atoms with Crippen LogP contribution in [0.4, 0.5) is 10.1 Å². The molecule has 0 spiro atoms. The minimum Gasteiger partial charge on any atom is -0.492 e. The first-order valence-corrected chi connectivity index (χ1v) is 10.5. The second-order valence-electron chi connectivity index (χ2n) is 8.35. The first-order valence-electron chi connectivity index (χ1n) is 10.5. The van der Waals surface area contributed by atoms with Crippen LogP contribution in [0.15, 0.2) is 17.1 Å². The molecule has 1 aromatic heterocycles. The highest BCUT2D eigenvalue weighted by molar-refractivity contribution is 5.97. The van der Waals surface area contributed by atoms with Crippen molar-refractivity contribution < 1.29 is 19.0 Å². The van der Waals surface area contributed by atoms with E-state index in [1.165, 1.54) is 19.4 Å². The minimum atomic E-state index is -1.32. The molecule has 4 rings (SSSR count). The monoisotopic (exact) mass is 417 g/mol. The van der Waals surface area contributed by atoms with Gasteiger partial charge in [-0.05, 0) is 44.7 Å². The Morgan fingerprint density at radius 3 is 2.83 bits per heavy atom. The van der Waals surface area contributed by atoms with Gasteiger partial charge in [0, 0.05) is 31.4 Å². The van der Waals surface area contributed by atoms with E-state index in [2.05, 4.69) is 5.32 Å². The standard InChI is InChI=1S/C22H28FN3O4/c1-4-12(2)26-10-15(22(28)29)20(27)14-8-16(23)19(21(30-3)18(14)26)25-9-13-6-5-7-24-17(13)11-25/h8,10,12-13,17,24H,4-7,9,11H2,1-3H3,(H,28,29). The highest BCUT2D eigenvalue weighted by Gasteiger charge is 2.37. The molecule has 3 atom stereocenters. The van der Waals surface area contributed by atoms with Crippen molar-refractivity contribution in [1.82, 2.24) is 9.88 Å². The summed E-state index contributed by atoms with van der Waals surface area (Å²) in [6, 6.07) is 1.39. The third-order valence-electron chi connectivity index (χ3n) is 6.61. The van der Waals surface area contributed by atoms with E-state index in [1.807, 2.05) is 18.7 Å². The van der Waals surface area contributed by atoms with Gasteiger partial charge in [0.15, 0.2) is 11.6 Å². The third-order valence-corrected chi connectivity index (χ3v) is 6.61. The molecule has 3 heterocycles. The van der Waals surface area contributed by atoms with Crippen LogP contribution in [0.1, 0.15) is 49.5 Å². The van der Waals surface area contributed by atoms with Gasteiger partial charge in [-0.2, -0.15) is 0 Å². The first kappa shape index (κ1) is 20.7. The van der Waals surface area contributed by atoms with E-state index in [0.717, 1.165) is 25.9 Å². The van der Waals surface area contributed by atoms with Gasteiger partial charge in [0.2, 0.25) is 5.43 Å². The zero-order valence-corrected chi connectivity index (χ0v) is 17.6. The highest BCUT2D eigenvalue weighted by Crippen LogP contribution is 2.42. The number of piperidine rings is 1. The lowest BCUT2D eigenvalue weighted by Crippen LogP contribution is -2.40. The number of aromatic nitrogens is 1. The molecule has 2 aliphatic heterocycles. The summed E-state index contributed by atoms with van der Waals surface area (Å²) in [6.45, 7) is 6.27. The molecule has 0 bridgehead atoms. The number of hydrogen-bond acceptors (Lipinski definition) is 5. The summed E-state index contributed by atoms with van der Waals surface area (Å²) < 4.78 is 22.8. The van der Waals surface area contributed by atoms with Gasteiger partial charge >= 0.3 is 5.97 Å². The zero-order chi connectivity index (χ0) is 21.6. The minimum absolute atomic E-state index is 0.0306. The summed E-state index contributed by atoms with van der Waals surface area (Å²) in [6.07, 6.45) is 4.28. The molecular formula is C22H28FN3O4. The van der Waals surface area contributed by atoms with Crippen LogP contribution in [0, 0.1) is 11.7 Å². The van der Waals surface area contributed by atoms with E-state index in [0.29, 0.717) is 36.1 Å². The molecule has 2 N–H and O–H groups in total. The van der Waals surface area contributed by atoms with Crippen LogP contribution in [0.5, 0.6) is 5.75 Å². The van der Waals surface area contributed by atoms with Crippen LogP contribution in [-0.2, 0) is 0 Å². The number of aromatic carboxylic acids is 1. The number of hydrogen-bond donors (Lipinski definition) is 2. The Morgan fingerprint density at radius 1 is 1.43 bits per heavy atom. The molecule has 0 amide bonds. The van der Waals surface area contributed by atoms with Crippen LogP contribution in [0.3, 0.4) is 0 Å². The van der Waals surface area contributed by atoms with Crippen LogP contribution >= 0.6 is 0 Å². The lowest BCUT2D eigenvalue weighted by molar-refractivity contribution is 0.0694. The van der Waals surface area contributed by atoms with Crippen molar-refractivity contribution in [3.63, 3.8) is 0 Å². The number of anilines is 1. The van der Waals surface area contributed by atoms with E-state index < -0.39 is 17.2 Å². The Kier molecular flexibility index (Phi) is 5.44. The zero-order valence-electron chi connectivity index (χ0n) is 17.6. The molecule has 162 valence electrons. The highest BCUT2D eigenvalue weighted by atomic mass is 19.1. The summed E-state index contributed by atoms with van der Waals surface area (Å²) in [7, 11) is 1.47. The Morgan fingerprint density at radius 2 is 2.20 bits per heavy atom. The number of benzene rings is 1. The van der Waals surface area contributed by atoms with Crippen LogP contribution in [0.2, 0.25) is 0 Å². The lowest BCUT2D eigenvalue weighted by atomic mass is 9.94. The maximum absolute atomic E-state index is 15.4. The maximum atomic E-state index is 15.4. The fourth-order valence-electron chi connectivity index (χ4n) is 4.86. The van der Waals surface area contributed by atoms with Gasteiger partial charge in [0.1, 0.15) is 11.3 Å². The van der Waals surface area contributed by atoms with Crippen molar-refractivity contribution in [2.45, 2.75) is 45.2 Å². The number of ether oxygens (including phenoxy) is 1. The summed E-state index contributed by atoms with van der Waals surface area (Å²) in [5.41, 5.74) is -0.271. The molecule has 2 saturated heterocycles. The molecule has 2 fully saturated rings. The molecule has 3 unspecified atom stereocenters. The molecule has 0 radical (unpaired) electrons. The molecule has 7 nitrogen and oxygen atoms in total. The van der Waals surface area contributed by atoms with Crippen molar-refractivity contribution in [2.24, 2.45) is 5.92 Å². The van der Waals surface area contributed by atoms with Gasteiger partial charge in [-0.3, -0.25) is 4.79 Å². The van der Waals surface area contributed by atoms with Crippen LogP contribution in [-0.4, -0.2) is 48.4 Å². The maximum Gasteiger partial charge on any atom is 0.341 e. The van der Waals surface area contributed by atoms with Crippen molar-refractivity contribution in [2.75, 3.05) is 31.6 Å². The van der Waals surface area contributed by atoms with E-state index in [-0.39, 0.29) is 22.7 Å². The molecule has 0 saturated carbocycles. The number of halogens is 1. The third kappa shape index (κ3) is 3.23. The molecule has 2 aromatic rings. The second kappa shape index (κ2) is 7.91. The Bertz CT molecular complexity index is 1040. The Balaban J connectivity index is 1.97. The molecule has 1 aromatic carbocycles. The van der Waals surface area contributed by atoms with Crippen molar-refractivity contribution in [3.8, 4) is 5.75 Å². The summed E-state index contributed by atoms with van der Waals surface area (Å²) in [5, 5.41) is 13.0. The summed E-state index contributed by atoms with van der Waals surface area (Å²) >= 11 is 0. The number of methoxy groups -OCH3 is 1. The van der Waals surface area contributed by atoms with Gasteiger partial charge in [-0.15, -0.1) is 0 Å². The predicted molar refractivity (Wildman–Crippen MR) is 113 cm³/mol. The number of carboxylic acids is 1. The van der Waals surface area contributed by atoms with Crippen molar-refractivity contribution in [3.05, 3.63) is 33.9 Å². The smallest absolute Gasteiger partial charge is 0.341 e. The fraction of sp³-hybridized carbons (Fsp3) is 0.545. The van der Waals surface area contributed by atoms with E-state index >= 15 is 4.39 Å². The van der Waals surface area contributed by atoms with Gasteiger partial charge in [-0.25, -0.2) is 9.18 Å². The first-order chi connectivity index (χ1) is 14.4. The summed E-state index contributed by atoms with van der Waals surface area (Å²) in [4.78, 5) is 26.5. The summed E-state index contributed by atoms with van der Waals surface area (Å²) in [5.74, 6) is -1.15. The van der Waals surface area contributed by atoms with Crippen molar-refractivity contribution in [1.29, 1.82) is 0 Å². The van der Waals surface area contributed by atoms with E-state index in [4.69, 9.17) is 4.74 Å². The quantitative estimate of drug-likeness (QED) is 0.778. The van der Waals surface area contributed by atoms with Gasteiger partial charge in [0.25, 0.3) is 0 Å². The van der Waals surface area contributed by atoms with Crippen molar-refractivity contribution >= 4 is 22.6 Å². The topological polar surface area (TPSA) is 83.8 Å².